The molecule has 1 nitrogen and oxygen atoms in total. The molecule has 0 saturated heterocycles. The van der Waals surface area contributed by atoms with Gasteiger partial charge in [0.05, 0.1) is 0 Å². The van der Waals surface area contributed by atoms with Gasteiger partial charge in [-0.15, -0.1) is 11.8 Å². The largest absolute Gasteiger partial charge is 0.383 e. The molecule has 1 N–H and O–H groups in total. The first-order chi connectivity index (χ1) is 8.88. The Hall–Kier alpha value is -0.630. The van der Waals surface area contributed by atoms with Crippen molar-refractivity contribution in [2.75, 3.05) is 17.6 Å². The third-order valence-corrected chi connectivity index (χ3v) is 4.09. The number of anilines is 1. The van der Waals surface area contributed by atoms with Crippen LogP contribution in [0.1, 0.15) is 52.4 Å². The van der Waals surface area contributed by atoms with E-state index < -0.39 is 0 Å². The molecule has 0 amide bonds. The summed E-state index contributed by atoms with van der Waals surface area (Å²) in [5.41, 5.74) is 1.29. The average molecular weight is 265 g/mol. The van der Waals surface area contributed by atoms with E-state index in [1.165, 1.54) is 54.9 Å². The lowest BCUT2D eigenvalue weighted by Gasteiger charge is -2.16. The van der Waals surface area contributed by atoms with E-state index in [0.29, 0.717) is 0 Å². The third kappa shape index (κ3) is 6.34. The molecule has 1 aromatic rings. The van der Waals surface area contributed by atoms with Gasteiger partial charge in [-0.3, -0.25) is 0 Å². The molecule has 18 heavy (non-hydrogen) atoms. The van der Waals surface area contributed by atoms with Gasteiger partial charge in [-0.1, -0.05) is 64.5 Å². The topological polar surface area (TPSA) is 12.0 Å². The Bertz CT molecular complexity index is 281. The highest BCUT2D eigenvalue weighted by Crippen LogP contribution is 2.29. The van der Waals surface area contributed by atoms with Crippen molar-refractivity contribution in [3.05, 3.63) is 24.3 Å². The number of nitrogens with one attached hydrogen (secondary N) is 1. The average Bonchev–Trinajstić information content (AvgIpc) is 2.45. The van der Waals surface area contributed by atoms with Crippen LogP contribution in [0, 0.1) is 0 Å². The normalized spacial score (nSPS) is 13.0. The van der Waals surface area contributed by atoms with Crippen LogP contribution in [0.15, 0.2) is 29.2 Å². The molecule has 0 radical (unpaired) electrons. The number of benzene rings is 1. The number of thioether (sulfide) groups is 1. The van der Waals surface area contributed by atoms with Crippen molar-refractivity contribution in [2.24, 2.45) is 0 Å². The lowest BCUT2D eigenvalue weighted by molar-refractivity contribution is 0.624. The molecule has 1 aliphatic rings. The molecule has 102 valence electrons. The van der Waals surface area contributed by atoms with Gasteiger partial charge in [0, 0.05) is 22.9 Å². The molecule has 0 bridgehead atoms. The number of hydrogen-bond donors (Lipinski definition) is 1. The fraction of sp³-hybridized carbons (Fsp3) is 0.625. The van der Waals surface area contributed by atoms with Gasteiger partial charge >= 0.3 is 0 Å². The van der Waals surface area contributed by atoms with E-state index in [0.717, 1.165) is 6.54 Å². The minimum Gasteiger partial charge on any atom is -0.383 e. The van der Waals surface area contributed by atoms with Gasteiger partial charge in [0.1, 0.15) is 0 Å². The van der Waals surface area contributed by atoms with E-state index in [-0.39, 0.29) is 0 Å². The van der Waals surface area contributed by atoms with Crippen LogP contribution in [-0.4, -0.2) is 12.3 Å². The Morgan fingerprint density at radius 1 is 1.00 bits per heavy atom. The molecule has 0 aliphatic carbocycles. The predicted octanol–water partition coefficient (Wildman–Crippen LogP) is 5.57. The number of rotatable bonds is 5. The molecule has 0 spiro atoms. The van der Waals surface area contributed by atoms with E-state index in [9.17, 15) is 0 Å². The van der Waals surface area contributed by atoms with Crippen molar-refractivity contribution < 1.29 is 0 Å². The highest BCUT2D eigenvalue weighted by molar-refractivity contribution is 7.99. The minimum absolute atomic E-state index is 1.10. The van der Waals surface area contributed by atoms with Crippen molar-refractivity contribution in [3.63, 3.8) is 0 Å². The van der Waals surface area contributed by atoms with Gasteiger partial charge in [-0.2, -0.15) is 0 Å². The minimum atomic E-state index is 1.10. The molecule has 0 aromatic heterocycles. The summed E-state index contributed by atoms with van der Waals surface area (Å²) < 4.78 is 0. The summed E-state index contributed by atoms with van der Waals surface area (Å²) in [6, 6.07) is 8.43. The number of hydrogen-bond acceptors (Lipinski definition) is 2. The third-order valence-electron chi connectivity index (χ3n) is 3.02. The van der Waals surface area contributed by atoms with Gasteiger partial charge in [-0.05, 0) is 12.1 Å². The van der Waals surface area contributed by atoms with E-state index in [1.54, 1.807) is 0 Å². The van der Waals surface area contributed by atoms with E-state index in [4.69, 9.17) is 0 Å². The van der Waals surface area contributed by atoms with E-state index >= 15 is 0 Å². The highest BCUT2D eigenvalue weighted by Gasteiger charge is 2.05. The van der Waals surface area contributed by atoms with Crippen LogP contribution in [0.25, 0.3) is 0 Å². The molecule has 2 rings (SSSR count). The lowest BCUT2D eigenvalue weighted by Crippen LogP contribution is -2.09. The maximum Gasteiger partial charge on any atom is 0.0478 e. The SMILES string of the molecule is CCCCCCCC.c1ccc2c(c1)NCCS2. The Balaban J connectivity index is 0.000000187. The van der Waals surface area contributed by atoms with Crippen molar-refractivity contribution in [2.45, 2.75) is 57.3 Å². The zero-order valence-corrected chi connectivity index (χ0v) is 12.7. The first-order valence-corrected chi connectivity index (χ1v) is 8.32. The fourth-order valence-corrected chi connectivity index (χ4v) is 2.83. The molecule has 0 fully saturated rings. The van der Waals surface area contributed by atoms with Crippen molar-refractivity contribution >= 4 is 17.4 Å². The molecule has 2 heteroatoms. The first kappa shape index (κ1) is 15.4. The van der Waals surface area contributed by atoms with Crippen LogP contribution in [-0.2, 0) is 0 Å². The Labute approximate surface area is 117 Å². The van der Waals surface area contributed by atoms with Gasteiger partial charge < -0.3 is 5.32 Å². The molecule has 1 heterocycles. The maximum atomic E-state index is 3.34. The van der Waals surface area contributed by atoms with Gasteiger partial charge in [0.15, 0.2) is 0 Å². The fourth-order valence-electron chi connectivity index (χ4n) is 1.94. The summed E-state index contributed by atoms with van der Waals surface area (Å²) in [5.74, 6) is 1.19. The van der Waals surface area contributed by atoms with Gasteiger partial charge in [0.25, 0.3) is 0 Å². The molecule has 1 aromatic carbocycles. The standard InChI is InChI=1S/C8H9NS.C8H18/c1-2-4-8-7(3-1)9-5-6-10-8;1-3-5-7-8-6-4-2/h1-4,9H,5-6H2;3-8H2,1-2H3. The number of para-hydroxylation sites is 1. The monoisotopic (exact) mass is 265 g/mol. The lowest BCUT2D eigenvalue weighted by atomic mass is 10.1. The summed E-state index contributed by atoms with van der Waals surface area (Å²) in [5, 5.41) is 3.34. The smallest absolute Gasteiger partial charge is 0.0478 e. The Morgan fingerprint density at radius 3 is 2.28 bits per heavy atom. The molecule has 0 unspecified atom stereocenters. The Kier molecular flexibility index (Phi) is 8.83. The van der Waals surface area contributed by atoms with Crippen molar-refractivity contribution in [1.29, 1.82) is 0 Å². The zero-order chi connectivity index (χ0) is 13.1. The van der Waals surface area contributed by atoms with Crippen molar-refractivity contribution in [1.82, 2.24) is 0 Å². The summed E-state index contributed by atoms with van der Waals surface area (Å²) in [6.07, 6.45) is 8.49. The van der Waals surface area contributed by atoms with Crippen LogP contribution in [0.2, 0.25) is 0 Å². The van der Waals surface area contributed by atoms with Crippen LogP contribution in [0.3, 0.4) is 0 Å². The number of fused-ring (bicyclic) bond motifs is 1. The molecule has 1 aliphatic heterocycles. The van der Waals surface area contributed by atoms with Gasteiger partial charge in [-0.25, -0.2) is 0 Å². The number of unbranched alkanes of at least 4 members (excludes halogenated alkanes) is 5. The van der Waals surface area contributed by atoms with Crippen LogP contribution in [0.5, 0.6) is 0 Å². The molecule has 0 atom stereocenters. The first-order valence-electron chi connectivity index (χ1n) is 7.34. The molecule has 0 saturated carbocycles. The Morgan fingerprint density at radius 2 is 1.67 bits per heavy atom. The zero-order valence-electron chi connectivity index (χ0n) is 11.9. The van der Waals surface area contributed by atoms with Crippen LogP contribution in [0.4, 0.5) is 5.69 Å². The second kappa shape index (κ2) is 10.3. The second-order valence-electron chi connectivity index (χ2n) is 4.69. The summed E-state index contributed by atoms with van der Waals surface area (Å²) in [6.45, 7) is 5.61. The maximum absolute atomic E-state index is 3.34. The quantitative estimate of drug-likeness (QED) is 0.698. The summed E-state index contributed by atoms with van der Waals surface area (Å²) in [7, 11) is 0. The van der Waals surface area contributed by atoms with Crippen LogP contribution >= 0.6 is 11.8 Å². The summed E-state index contributed by atoms with van der Waals surface area (Å²) in [4.78, 5) is 1.38. The van der Waals surface area contributed by atoms with E-state index in [2.05, 4.69) is 43.4 Å². The molecular formula is C16H27NS. The predicted molar refractivity (Wildman–Crippen MR) is 84.7 cm³/mol. The van der Waals surface area contributed by atoms with Crippen molar-refractivity contribution in [3.8, 4) is 0 Å². The summed E-state index contributed by atoms with van der Waals surface area (Å²) >= 11 is 1.93. The molecular weight excluding hydrogens is 238 g/mol. The van der Waals surface area contributed by atoms with Gasteiger partial charge in [0.2, 0.25) is 0 Å². The highest BCUT2D eigenvalue weighted by atomic mass is 32.2. The second-order valence-corrected chi connectivity index (χ2v) is 5.82. The van der Waals surface area contributed by atoms with Crippen LogP contribution < -0.4 is 5.32 Å². The van der Waals surface area contributed by atoms with E-state index in [1.807, 2.05) is 11.8 Å².